The number of benzene rings is 1. The van der Waals surface area contributed by atoms with Gasteiger partial charge in [0.25, 0.3) is 0 Å². The van der Waals surface area contributed by atoms with Gasteiger partial charge in [-0.1, -0.05) is 31.2 Å². The van der Waals surface area contributed by atoms with Gasteiger partial charge in [0.05, 0.1) is 6.61 Å². The van der Waals surface area contributed by atoms with E-state index in [0.29, 0.717) is 0 Å². The van der Waals surface area contributed by atoms with Crippen LogP contribution in [0.5, 0.6) is 0 Å². The third-order valence-corrected chi connectivity index (χ3v) is 3.17. The normalized spacial score (nSPS) is 11.2. The van der Waals surface area contributed by atoms with Crippen LogP contribution < -0.4 is 5.32 Å². The molecule has 0 saturated heterocycles. The Labute approximate surface area is 118 Å². The third-order valence-electron chi connectivity index (χ3n) is 3.17. The predicted octanol–water partition coefficient (Wildman–Crippen LogP) is 2.31. The van der Waals surface area contributed by atoms with E-state index in [0.717, 1.165) is 39.2 Å². The number of hydrogen-bond donors (Lipinski definition) is 1. The fourth-order valence-corrected chi connectivity index (χ4v) is 1.98. The van der Waals surface area contributed by atoms with E-state index < -0.39 is 0 Å². The van der Waals surface area contributed by atoms with Crippen molar-refractivity contribution >= 4 is 0 Å². The molecule has 0 spiro atoms. The van der Waals surface area contributed by atoms with Crippen molar-refractivity contribution in [3.05, 3.63) is 35.4 Å². The van der Waals surface area contributed by atoms with Crippen LogP contribution in [0.15, 0.2) is 24.3 Å². The Hall–Kier alpha value is -0.900. The molecule has 0 radical (unpaired) electrons. The van der Waals surface area contributed by atoms with Crippen molar-refractivity contribution in [3.8, 4) is 0 Å². The van der Waals surface area contributed by atoms with E-state index in [9.17, 15) is 0 Å². The Morgan fingerprint density at radius 2 is 1.79 bits per heavy atom. The van der Waals surface area contributed by atoms with E-state index in [2.05, 4.69) is 48.5 Å². The van der Waals surface area contributed by atoms with Gasteiger partial charge < -0.3 is 10.1 Å². The number of methoxy groups -OCH3 is 1. The first kappa shape index (κ1) is 16.2. The smallest absolute Gasteiger partial charge is 0.0589 e. The van der Waals surface area contributed by atoms with Crippen molar-refractivity contribution in [1.82, 2.24) is 10.2 Å². The van der Waals surface area contributed by atoms with Crippen molar-refractivity contribution in [2.24, 2.45) is 0 Å². The van der Waals surface area contributed by atoms with Crippen LogP contribution in [0.2, 0.25) is 0 Å². The Balaban J connectivity index is 2.30. The summed E-state index contributed by atoms with van der Waals surface area (Å²) < 4.78 is 5.08. The molecule has 0 aliphatic carbocycles. The Kier molecular flexibility index (Phi) is 8.47. The molecule has 0 unspecified atom stereocenters. The van der Waals surface area contributed by atoms with Crippen LogP contribution in [0.1, 0.15) is 24.5 Å². The Bertz CT molecular complexity index is 324. The Morgan fingerprint density at radius 1 is 1.11 bits per heavy atom. The van der Waals surface area contributed by atoms with Crippen molar-refractivity contribution in [2.75, 3.05) is 40.4 Å². The highest BCUT2D eigenvalue weighted by Crippen LogP contribution is 2.07. The molecule has 0 aliphatic rings. The number of likely N-dealkylation sites (N-methyl/N-ethyl adjacent to an activating group) is 1. The van der Waals surface area contributed by atoms with Gasteiger partial charge in [-0.05, 0) is 44.1 Å². The molecule has 1 N–H and O–H groups in total. The maximum absolute atomic E-state index is 5.08. The minimum Gasteiger partial charge on any atom is -0.383 e. The quantitative estimate of drug-likeness (QED) is 0.656. The van der Waals surface area contributed by atoms with Crippen LogP contribution in [-0.4, -0.2) is 45.3 Å². The molecule has 1 aromatic carbocycles. The molecule has 0 aromatic heterocycles. The van der Waals surface area contributed by atoms with Crippen molar-refractivity contribution in [3.63, 3.8) is 0 Å². The first-order valence-corrected chi connectivity index (χ1v) is 7.22. The molecule has 0 amide bonds. The second-order valence-electron chi connectivity index (χ2n) is 5.05. The summed E-state index contributed by atoms with van der Waals surface area (Å²) in [5, 5.41) is 3.43. The van der Waals surface area contributed by atoms with Crippen LogP contribution >= 0.6 is 0 Å². The summed E-state index contributed by atoms with van der Waals surface area (Å²) in [7, 11) is 3.87. The van der Waals surface area contributed by atoms with Gasteiger partial charge in [0.15, 0.2) is 0 Å². The molecule has 3 nitrogen and oxygen atoms in total. The van der Waals surface area contributed by atoms with E-state index in [1.807, 2.05) is 0 Å². The van der Waals surface area contributed by atoms with Crippen LogP contribution in [0.3, 0.4) is 0 Å². The zero-order valence-electron chi connectivity index (χ0n) is 12.6. The van der Waals surface area contributed by atoms with Crippen LogP contribution in [-0.2, 0) is 17.7 Å². The van der Waals surface area contributed by atoms with Crippen molar-refractivity contribution in [2.45, 2.75) is 26.3 Å². The van der Waals surface area contributed by atoms with E-state index >= 15 is 0 Å². The minimum atomic E-state index is 0.789. The zero-order valence-corrected chi connectivity index (χ0v) is 12.6. The SMILES string of the molecule is CCCNCCc1ccc(CN(C)CCOC)cc1. The number of ether oxygens (including phenoxy) is 1. The fourth-order valence-electron chi connectivity index (χ4n) is 1.98. The number of hydrogen-bond acceptors (Lipinski definition) is 3. The standard InChI is InChI=1S/C16H28N2O/c1-4-10-17-11-9-15-5-7-16(8-6-15)14-18(2)12-13-19-3/h5-8,17H,4,9-14H2,1-3H3. The lowest BCUT2D eigenvalue weighted by Crippen LogP contribution is -2.22. The summed E-state index contributed by atoms with van der Waals surface area (Å²) in [5.41, 5.74) is 2.77. The molecule has 0 fully saturated rings. The molecule has 108 valence electrons. The van der Waals surface area contributed by atoms with Crippen molar-refractivity contribution < 1.29 is 4.74 Å². The number of nitrogens with zero attached hydrogens (tertiary/aromatic N) is 1. The molecule has 0 aliphatic heterocycles. The highest BCUT2D eigenvalue weighted by atomic mass is 16.5. The molecule has 0 atom stereocenters. The number of rotatable bonds is 10. The summed E-state index contributed by atoms with van der Waals surface area (Å²) in [6, 6.07) is 8.96. The minimum absolute atomic E-state index is 0.789. The summed E-state index contributed by atoms with van der Waals surface area (Å²) >= 11 is 0. The average molecular weight is 264 g/mol. The predicted molar refractivity (Wildman–Crippen MR) is 81.5 cm³/mol. The lowest BCUT2D eigenvalue weighted by molar-refractivity contribution is 0.158. The largest absolute Gasteiger partial charge is 0.383 e. The summed E-state index contributed by atoms with van der Waals surface area (Å²) in [4.78, 5) is 2.28. The van der Waals surface area contributed by atoms with Gasteiger partial charge in [-0.15, -0.1) is 0 Å². The molecular formula is C16H28N2O. The third kappa shape index (κ3) is 7.31. The summed E-state index contributed by atoms with van der Waals surface area (Å²) in [5.74, 6) is 0. The van der Waals surface area contributed by atoms with Gasteiger partial charge in [-0.25, -0.2) is 0 Å². The van der Waals surface area contributed by atoms with Gasteiger partial charge in [0.2, 0.25) is 0 Å². The summed E-state index contributed by atoms with van der Waals surface area (Å²) in [6.07, 6.45) is 2.31. The molecular weight excluding hydrogens is 236 g/mol. The van der Waals surface area contributed by atoms with Gasteiger partial charge >= 0.3 is 0 Å². The molecule has 3 heteroatoms. The van der Waals surface area contributed by atoms with Crippen molar-refractivity contribution in [1.29, 1.82) is 0 Å². The first-order valence-electron chi connectivity index (χ1n) is 7.22. The zero-order chi connectivity index (χ0) is 13.9. The van der Waals surface area contributed by atoms with Gasteiger partial charge in [-0.2, -0.15) is 0 Å². The maximum Gasteiger partial charge on any atom is 0.0589 e. The van der Waals surface area contributed by atoms with E-state index in [1.54, 1.807) is 7.11 Å². The number of nitrogens with one attached hydrogen (secondary N) is 1. The maximum atomic E-state index is 5.08. The molecule has 0 bridgehead atoms. The topological polar surface area (TPSA) is 24.5 Å². The lowest BCUT2D eigenvalue weighted by atomic mass is 10.1. The molecule has 1 rings (SSSR count). The molecule has 0 saturated carbocycles. The second-order valence-corrected chi connectivity index (χ2v) is 5.05. The lowest BCUT2D eigenvalue weighted by Gasteiger charge is -2.16. The van der Waals surface area contributed by atoms with Crippen LogP contribution in [0.25, 0.3) is 0 Å². The van der Waals surface area contributed by atoms with E-state index in [1.165, 1.54) is 17.5 Å². The first-order chi connectivity index (χ1) is 9.26. The second kappa shape index (κ2) is 9.96. The van der Waals surface area contributed by atoms with E-state index in [-0.39, 0.29) is 0 Å². The monoisotopic (exact) mass is 264 g/mol. The molecule has 0 heterocycles. The highest BCUT2D eigenvalue weighted by molar-refractivity contribution is 5.22. The van der Waals surface area contributed by atoms with Gasteiger partial charge in [-0.3, -0.25) is 4.90 Å². The average Bonchev–Trinajstić information content (AvgIpc) is 2.43. The highest BCUT2D eigenvalue weighted by Gasteiger charge is 2.00. The van der Waals surface area contributed by atoms with Crippen LogP contribution in [0, 0.1) is 0 Å². The molecule has 19 heavy (non-hydrogen) atoms. The Morgan fingerprint density at radius 3 is 2.42 bits per heavy atom. The molecule has 1 aromatic rings. The fraction of sp³-hybridized carbons (Fsp3) is 0.625. The summed E-state index contributed by atoms with van der Waals surface area (Å²) in [6.45, 7) is 7.12. The van der Waals surface area contributed by atoms with Crippen LogP contribution in [0.4, 0.5) is 0 Å². The van der Waals surface area contributed by atoms with E-state index in [4.69, 9.17) is 4.74 Å². The van der Waals surface area contributed by atoms with Gasteiger partial charge in [0, 0.05) is 20.2 Å². The van der Waals surface area contributed by atoms with Gasteiger partial charge in [0.1, 0.15) is 0 Å².